The maximum Gasteiger partial charge on any atom is 0.0472 e. The van der Waals surface area contributed by atoms with Crippen LogP contribution in [-0.4, -0.2) is 18.2 Å². The molecule has 17 heavy (non-hydrogen) atoms. The molecule has 0 unspecified atom stereocenters. The normalized spacial score (nSPS) is 23.1. The predicted octanol–water partition coefficient (Wildman–Crippen LogP) is 3.63. The molecule has 1 saturated heterocycles. The Morgan fingerprint density at radius 2 is 1.47 bits per heavy atom. The quantitative estimate of drug-likeness (QED) is 0.775. The lowest BCUT2D eigenvalue weighted by molar-refractivity contribution is 0.0844. The summed E-state index contributed by atoms with van der Waals surface area (Å²) >= 11 is 0. The topological polar surface area (TPSA) is 22.1 Å². The molecule has 1 aliphatic heterocycles. The molecule has 1 aromatic heterocycles. The molecular weight excluding hydrogens is 210 g/mol. The minimum Gasteiger partial charge on any atom is -0.381 e. The minimum absolute atomic E-state index is 0.630. The summed E-state index contributed by atoms with van der Waals surface area (Å²) in [6, 6.07) is 6.62. The van der Waals surface area contributed by atoms with Gasteiger partial charge < -0.3 is 4.74 Å². The van der Waals surface area contributed by atoms with E-state index in [0.29, 0.717) is 5.92 Å². The molecule has 1 aromatic rings. The van der Waals surface area contributed by atoms with E-state index in [1.54, 1.807) is 0 Å². The Hall–Kier alpha value is -0.890. The zero-order valence-corrected chi connectivity index (χ0v) is 10.4. The van der Waals surface area contributed by atoms with Gasteiger partial charge in [-0.2, -0.15) is 0 Å². The van der Waals surface area contributed by atoms with Gasteiger partial charge in [0.05, 0.1) is 0 Å². The molecule has 0 bridgehead atoms. The number of hydrogen-bond acceptors (Lipinski definition) is 2. The molecule has 0 aromatic carbocycles. The van der Waals surface area contributed by atoms with Gasteiger partial charge in [0.15, 0.2) is 0 Å². The predicted molar refractivity (Wildman–Crippen MR) is 68.2 cm³/mol. The maximum absolute atomic E-state index is 5.42. The highest BCUT2D eigenvalue weighted by atomic mass is 16.5. The molecule has 0 radical (unpaired) electrons. The largest absolute Gasteiger partial charge is 0.381 e. The van der Waals surface area contributed by atoms with Crippen LogP contribution in [0.3, 0.4) is 0 Å². The molecule has 0 amide bonds. The highest BCUT2D eigenvalue weighted by Gasteiger charge is 2.21. The van der Waals surface area contributed by atoms with Crippen LogP contribution in [0.4, 0.5) is 0 Å². The first-order valence-electron chi connectivity index (χ1n) is 6.98. The molecule has 2 nitrogen and oxygen atoms in total. The summed E-state index contributed by atoms with van der Waals surface area (Å²) in [5.74, 6) is 1.36. The van der Waals surface area contributed by atoms with Crippen LogP contribution in [-0.2, 0) is 4.74 Å². The molecular formula is C15H21NO. The van der Waals surface area contributed by atoms with Crippen molar-refractivity contribution < 1.29 is 4.74 Å². The lowest BCUT2D eigenvalue weighted by Crippen LogP contribution is -2.15. The fraction of sp³-hybridized carbons (Fsp3) is 0.667. The van der Waals surface area contributed by atoms with Gasteiger partial charge in [0.2, 0.25) is 0 Å². The summed E-state index contributed by atoms with van der Waals surface area (Å²) in [4.78, 5) is 4.92. The van der Waals surface area contributed by atoms with Crippen molar-refractivity contribution >= 4 is 0 Å². The number of nitrogens with zero attached hydrogens (tertiary/aromatic N) is 1. The molecule has 92 valence electrons. The molecule has 0 N–H and O–H groups in total. The highest BCUT2D eigenvalue weighted by Crippen LogP contribution is 2.34. The van der Waals surface area contributed by atoms with Crippen molar-refractivity contribution in [2.24, 2.45) is 0 Å². The Morgan fingerprint density at radius 3 is 2.12 bits per heavy atom. The molecule has 2 aliphatic rings. The van der Waals surface area contributed by atoms with E-state index in [0.717, 1.165) is 32.0 Å². The van der Waals surface area contributed by atoms with Gasteiger partial charge in [0.1, 0.15) is 0 Å². The zero-order valence-electron chi connectivity index (χ0n) is 10.4. The first-order chi connectivity index (χ1) is 8.43. The van der Waals surface area contributed by atoms with E-state index >= 15 is 0 Å². The van der Waals surface area contributed by atoms with Crippen molar-refractivity contribution in [3.8, 4) is 0 Å². The van der Waals surface area contributed by atoms with Crippen molar-refractivity contribution in [3.63, 3.8) is 0 Å². The second kappa shape index (κ2) is 5.18. The Bertz CT molecular complexity index is 365. The van der Waals surface area contributed by atoms with Crippen LogP contribution >= 0.6 is 0 Å². The molecule has 0 atom stereocenters. The van der Waals surface area contributed by atoms with E-state index in [1.807, 2.05) is 0 Å². The van der Waals surface area contributed by atoms with Crippen LogP contribution in [0, 0.1) is 0 Å². The third kappa shape index (κ3) is 2.52. The summed E-state index contributed by atoms with van der Waals surface area (Å²) in [5.41, 5.74) is 2.64. The molecule has 2 heteroatoms. The third-order valence-electron chi connectivity index (χ3n) is 4.21. The first-order valence-corrected chi connectivity index (χ1v) is 6.98. The van der Waals surface area contributed by atoms with Crippen molar-refractivity contribution in [3.05, 3.63) is 29.6 Å². The van der Waals surface area contributed by atoms with Gasteiger partial charge in [-0.25, -0.2) is 0 Å². The van der Waals surface area contributed by atoms with Gasteiger partial charge in [-0.1, -0.05) is 18.9 Å². The van der Waals surface area contributed by atoms with Crippen molar-refractivity contribution in [2.45, 2.75) is 50.4 Å². The monoisotopic (exact) mass is 231 g/mol. The van der Waals surface area contributed by atoms with Gasteiger partial charge in [-0.3, -0.25) is 4.98 Å². The molecule has 2 heterocycles. The average Bonchev–Trinajstić information content (AvgIpc) is 2.94. The standard InChI is InChI=1S/C15H21NO/c1-2-5-12(4-1)14-6-3-7-15(16-14)13-8-10-17-11-9-13/h3,6-7,12-13H,1-2,4-5,8-11H2. The van der Waals surface area contributed by atoms with Crippen molar-refractivity contribution in [2.75, 3.05) is 13.2 Å². The smallest absolute Gasteiger partial charge is 0.0472 e. The Labute approximate surface area is 103 Å². The second-order valence-electron chi connectivity index (χ2n) is 5.36. The van der Waals surface area contributed by atoms with E-state index in [4.69, 9.17) is 9.72 Å². The van der Waals surface area contributed by atoms with Crippen LogP contribution in [0.1, 0.15) is 61.7 Å². The minimum atomic E-state index is 0.630. The van der Waals surface area contributed by atoms with Crippen LogP contribution in [0.15, 0.2) is 18.2 Å². The number of pyridine rings is 1. The number of ether oxygens (including phenoxy) is 1. The SMILES string of the molecule is c1cc(C2CCCC2)nc(C2CCOCC2)c1. The zero-order chi connectivity index (χ0) is 11.5. The van der Waals surface area contributed by atoms with Crippen molar-refractivity contribution in [1.29, 1.82) is 0 Å². The second-order valence-corrected chi connectivity index (χ2v) is 5.36. The van der Waals surface area contributed by atoms with Gasteiger partial charge in [-0.15, -0.1) is 0 Å². The van der Waals surface area contributed by atoms with Crippen LogP contribution in [0.5, 0.6) is 0 Å². The molecule has 1 aliphatic carbocycles. The van der Waals surface area contributed by atoms with Gasteiger partial charge >= 0.3 is 0 Å². The van der Waals surface area contributed by atoms with Gasteiger partial charge in [-0.05, 0) is 37.8 Å². The molecule has 1 saturated carbocycles. The maximum atomic E-state index is 5.42. The highest BCUT2D eigenvalue weighted by molar-refractivity contribution is 5.18. The lowest BCUT2D eigenvalue weighted by Gasteiger charge is -2.22. The molecule has 2 fully saturated rings. The summed E-state index contributed by atoms with van der Waals surface area (Å²) < 4.78 is 5.42. The van der Waals surface area contributed by atoms with Gasteiger partial charge in [0.25, 0.3) is 0 Å². The Morgan fingerprint density at radius 1 is 0.882 bits per heavy atom. The van der Waals surface area contributed by atoms with Gasteiger partial charge in [0, 0.05) is 36.4 Å². The fourth-order valence-electron chi connectivity index (χ4n) is 3.14. The van der Waals surface area contributed by atoms with E-state index in [-0.39, 0.29) is 0 Å². The first kappa shape index (κ1) is 11.2. The Kier molecular flexibility index (Phi) is 3.41. The van der Waals surface area contributed by atoms with Crippen LogP contribution in [0.25, 0.3) is 0 Å². The number of aromatic nitrogens is 1. The lowest BCUT2D eigenvalue weighted by atomic mass is 9.94. The van der Waals surface area contributed by atoms with E-state index in [1.165, 1.54) is 37.1 Å². The molecule has 0 spiro atoms. The fourth-order valence-corrected chi connectivity index (χ4v) is 3.14. The van der Waals surface area contributed by atoms with E-state index in [9.17, 15) is 0 Å². The van der Waals surface area contributed by atoms with Crippen molar-refractivity contribution in [1.82, 2.24) is 4.98 Å². The van der Waals surface area contributed by atoms with Crippen LogP contribution in [0.2, 0.25) is 0 Å². The summed E-state index contributed by atoms with van der Waals surface area (Å²) in [6.07, 6.45) is 7.72. The third-order valence-corrected chi connectivity index (χ3v) is 4.21. The van der Waals surface area contributed by atoms with E-state index in [2.05, 4.69) is 18.2 Å². The van der Waals surface area contributed by atoms with Crippen LogP contribution < -0.4 is 0 Å². The summed E-state index contributed by atoms with van der Waals surface area (Å²) in [6.45, 7) is 1.81. The molecule has 3 rings (SSSR count). The van der Waals surface area contributed by atoms with E-state index < -0.39 is 0 Å². The summed E-state index contributed by atoms with van der Waals surface area (Å²) in [5, 5.41) is 0. The average molecular weight is 231 g/mol. The Balaban J connectivity index is 1.77. The number of rotatable bonds is 2. The summed E-state index contributed by atoms with van der Waals surface area (Å²) in [7, 11) is 0. The number of hydrogen-bond donors (Lipinski definition) is 0.